The highest BCUT2D eigenvalue weighted by atomic mass is 32.2. The highest BCUT2D eigenvalue weighted by molar-refractivity contribution is 7.98. The van der Waals surface area contributed by atoms with Gasteiger partial charge in [0.2, 0.25) is 5.89 Å². The Labute approximate surface area is 106 Å². The molecular weight excluding hydrogens is 238 g/mol. The van der Waals surface area contributed by atoms with Crippen molar-refractivity contribution in [2.75, 3.05) is 25.5 Å². The first kappa shape index (κ1) is 12.9. The van der Waals surface area contributed by atoms with Gasteiger partial charge in [-0.2, -0.15) is 16.7 Å². The first-order chi connectivity index (χ1) is 8.35. The van der Waals surface area contributed by atoms with Crippen LogP contribution in [0.25, 0.3) is 0 Å². The third kappa shape index (κ3) is 3.20. The minimum Gasteiger partial charge on any atom is -0.379 e. The summed E-state index contributed by atoms with van der Waals surface area (Å²) in [6.07, 6.45) is 0. The number of nitrogens with zero attached hydrogens (tertiary/aromatic N) is 2. The summed E-state index contributed by atoms with van der Waals surface area (Å²) in [6.45, 7) is 6.53. The summed E-state index contributed by atoms with van der Waals surface area (Å²) < 4.78 is 10.8. The quantitative estimate of drug-likeness (QED) is 0.831. The fourth-order valence-electron chi connectivity index (χ4n) is 1.93. The number of thioether (sulfide) groups is 1. The molecule has 2 rings (SSSR count). The van der Waals surface area contributed by atoms with Gasteiger partial charge < -0.3 is 14.6 Å². The lowest BCUT2D eigenvalue weighted by Crippen LogP contribution is -2.34. The van der Waals surface area contributed by atoms with Crippen molar-refractivity contribution in [1.82, 2.24) is 15.5 Å². The minimum atomic E-state index is 0.197. The van der Waals surface area contributed by atoms with E-state index in [1.807, 2.05) is 0 Å². The van der Waals surface area contributed by atoms with E-state index in [4.69, 9.17) is 9.26 Å². The minimum absolute atomic E-state index is 0.197. The molecule has 1 aliphatic rings. The Hall–Kier alpha value is -0.590. The summed E-state index contributed by atoms with van der Waals surface area (Å²) in [5, 5.41) is 7.39. The number of hydrogen-bond acceptors (Lipinski definition) is 6. The zero-order valence-corrected chi connectivity index (χ0v) is 11.1. The van der Waals surface area contributed by atoms with E-state index in [0.717, 1.165) is 30.5 Å². The highest BCUT2D eigenvalue weighted by Crippen LogP contribution is 2.24. The van der Waals surface area contributed by atoms with Crippen LogP contribution in [0.1, 0.15) is 31.5 Å². The predicted octanol–water partition coefficient (Wildman–Crippen LogP) is 1.41. The topological polar surface area (TPSA) is 60.2 Å². The number of likely N-dealkylation sites (N-methyl/N-ethyl adjacent to an activating group) is 1. The van der Waals surface area contributed by atoms with Crippen molar-refractivity contribution < 1.29 is 9.26 Å². The van der Waals surface area contributed by atoms with E-state index in [0.29, 0.717) is 18.5 Å². The first-order valence-corrected chi connectivity index (χ1v) is 7.22. The fraction of sp³-hybridized carbons (Fsp3) is 0.818. The van der Waals surface area contributed by atoms with Crippen LogP contribution in [-0.4, -0.2) is 41.7 Å². The van der Waals surface area contributed by atoms with Crippen LogP contribution in [0.4, 0.5) is 0 Å². The molecule has 2 atom stereocenters. The van der Waals surface area contributed by atoms with E-state index in [-0.39, 0.29) is 5.92 Å². The van der Waals surface area contributed by atoms with Gasteiger partial charge in [0.1, 0.15) is 0 Å². The zero-order valence-electron chi connectivity index (χ0n) is 10.3. The second-order valence-electron chi connectivity index (χ2n) is 3.99. The Morgan fingerprint density at radius 1 is 1.41 bits per heavy atom. The second-order valence-corrected chi connectivity index (χ2v) is 5.27. The highest BCUT2D eigenvalue weighted by Gasteiger charge is 2.33. The molecule has 0 saturated carbocycles. The lowest BCUT2D eigenvalue weighted by atomic mass is 10.0. The number of rotatable bonds is 6. The smallest absolute Gasteiger partial charge is 0.233 e. The molecule has 0 radical (unpaired) electrons. The normalized spacial score (nSPS) is 24.4. The average molecular weight is 257 g/mol. The van der Waals surface area contributed by atoms with E-state index >= 15 is 0 Å². The van der Waals surface area contributed by atoms with Gasteiger partial charge in [-0.1, -0.05) is 19.0 Å². The summed E-state index contributed by atoms with van der Waals surface area (Å²) in [5.41, 5.74) is 0. The van der Waals surface area contributed by atoms with Crippen LogP contribution in [0.15, 0.2) is 4.52 Å². The number of ether oxygens (including phenoxy) is 1. The largest absolute Gasteiger partial charge is 0.379 e. The Morgan fingerprint density at radius 2 is 2.29 bits per heavy atom. The molecule has 2 unspecified atom stereocenters. The molecule has 1 N–H and O–H groups in total. The van der Waals surface area contributed by atoms with Crippen LogP contribution in [0.5, 0.6) is 0 Å². The number of nitrogens with one attached hydrogen (secondary N) is 1. The van der Waals surface area contributed by atoms with Gasteiger partial charge >= 0.3 is 0 Å². The van der Waals surface area contributed by atoms with Gasteiger partial charge in [-0.25, -0.2) is 0 Å². The van der Waals surface area contributed by atoms with Crippen molar-refractivity contribution in [3.05, 3.63) is 11.7 Å². The Kier molecular flexibility index (Phi) is 4.82. The van der Waals surface area contributed by atoms with Gasteiger partial charge in [0, 0.05) is 6.04 Å². The van der Waals surface area contributed by atoms with Crippen LogP contribution in [0.2, 0.25) is 0 Å². The maximum absolute atomic E-state index is 5.47. The SMILES string of the molecule is CCNC1COCC1c1nc(CSCC)no1. The third-order valence-electron chi connectivity index (χ3n) is 2.78. The van der Waals surface area contributed by atoms with Gasteiger partial charge in [0.25, 0.3) is 0 Å². The maximum Gasteiger partial charge on any atom is 0.233 e. The Morgan fingerprint density at radius 3 is 3.06 bits per heavy atom. The molecule has 0 aliphatic carbocycles. The maximum atomic E-state index is 5.47. The standard InChI is InChI=1S/C11H19N3O2S/c1-3-12-9-6-15-5-8(9)11-13-10(14-16-11)7-17-4-2/h8-9,12H,3-7H2,1-2H3. The molecule has 6 heteroatoms. The number of hydrogen-bond donors (Lipinski definition) is 1. The first-order valence-electron chi connectivity index (χ1n) is 6.06. The monoisotopic (exact) mass is 257 g/mol. The summed E-state index contributed by atoms with van der Waals surface area (Å²) in [7, 11) is 0. The molecule has 0 aromatic carbocycles. The molecule has 2 heterocycles. The molecule has 0 amide bonds. The predicted molar refractivity (Wildman–Crippen MR) is 67.2 cm³/mol. The van der Waals surface area contributed by atoms with E-state index in [9.17, 15) is 0 Å². The summed E-state index contributed by atoms with van der Waals surface area (Å²) in [6, 6.07) is 0.298. The van der Waals surface area contributed by atoms with Gasteiger partial charge in [0.05, 0.1) is 24.9 Å². The molecule has 0 bridgehead atoms. The molecule has 0 spiro atoms. The van der Waals surface area contributed by atoms with Crippen molar-refractivity contribution in [1.29, 1.82) is 0 Å². The summed E-state index contributed by atoms with van der Waals surface area (Å²) in [5.74, 6) is 3.58. The molecule has 1 aromatic rings. The van der Waals surface area contributed by atoms with Gasteiger partial charge in [-0.15, -0.1) is 0 Å². The van der Waals surface area contributed by atoms with Crippen LogP contribution in [0.3, 0.4) is 0 Å². The number of aromatic nitrogens is 2. The molecule has 96 valence electrons. The zero-order chi connectivity index (χ0) is 12.1. The van der Waals surface area contributed by atoms with E-state index < -0.39 is 0 Å². The second kappa shape index (κ2) is 6.37. The molecule has 17 heavy (non-hydrogen) atoms. The van der Waals surface area contributed by atoms with Crippen molar-refractivity contribution in [3.8, 4) is 0 Å². The lowest BCUT2D eigenvalue weighted by Gasteiger charge is -2.13. The summed E-state index contributed by atoms with van der Waals surface area (Å²) >= 11 is 1.80. The van der Waals surface area contributed by atoms with E-state index in [1.165, 1.54) is 0 Å². The molecule has 1 aliphatic heterocycles. The van der Waals surface area contributed by atoms with Crippen LogP contribution >= 0.6 is 11.8 Å². The van der Waals surface area contributed by atoms with Crippen molar-refractivity contribution >= 4 is 11.8 Å². The lowest BCUT2D eigenvalue weighted by molar-refractivity contribution is 0.185. The van der Waals surface area contributed by atoms with Crippen LogP contribution < -0.4 is 5.32 Å². The van der Waals surface area contributed by atoms with E-state index in [1.54, 1.807) is 11.8 Å². The van der Waals surface area contributed by atoms with Crippen LogP contribution in [-0.2, 0) is 10.5 Å². The van der Waals surface area contributed by atoms with Crippen LogP contribution in [0, 0.1) is 0 Å². The molecule has 1 aromatic heterocycles. The summed E-state index contributed by atoms with van der Waals surface area (Å²) in [4.78, 5) is 4.44. The average Bonchev–Trinajstić information content (AvgIpc) is 2.95. The molecule has 5 nitrogen and oxygen atoms in total. The van der Waals surface area contributed by atoms with Gasteiger partial charge in [0.15, 0.2) is 5.82 Å². The third-order valence-corrected chi connectivity index (χ3v) is 3.65. The molecular formula is C11H19N3O2S. The van der Waals surface area contributed by atoms with Crippen molar-refractivity contribution in [2.24, 2.45) is 0 Å². The van der Waals surface area contributed by atoms with E-state index in [2.05, 4.69) is 29.3 Å². The Bertz CT molecular complexity index is 345. The molecule has 1 saturated heterocycles. The van der Waals surface area contributed by atoms with Gasteiger partial charge in [-0.05, 0) is 12.3 Å². The van der Waals surface area contributed by atoms with Crippen molar-refractivity contribution in [2.45, 2.75) is 31.6 Å². The Balaban J connectivity index is 1.98. The fourth-order valence-corrected chi connectivity index (χ4v) is 2.44. The molecule has 1 fully saturated rings. The van der Waals surface area contributed by atoms with Crippen molar-refractivity contribution in [3.63, 3.8) is 0 Å². The van der Waals surface area contributed by atoms with Gasteiger partial charge in [-0.3, -0.25) is 0 Å².